The lowest BCUT2D eigenvalue weighted by Gasteiger charge is -2.03. The number of carbonyl (C=O) groups is 1. The maximum Gasteiger partial charge on any atom is 0.337 e. The van der Waals surface area contributed by atoms with E-state index in [1.165, 1.54) is 6.07 Å². The first-order chi connectivity index (χ1) is 7.38. The Bertz CT molecular complexity index is 569. The van der Waals surface area contributed by atoms with Gasteiger partial charge in [-0.2, -0.15) is 0 Å². The Morgan fingerprint density at radius 1 is 1.50 bits per heavy atom. The van der Waals surface area contributed by atoms with Crippen LogP contribution in [0.15, 0.2) is 23.1 Å². The highest BCUT2D eigenvalue weighted by molar-refractivity contribution is 7.91. The molecular weight excluding hydrogens is 252 g/mol. The smallest absolute Gasteiger partial charge is 0.337 e. The average Bonchev–Trinajstić information content (AvgIpc) is 2.16. The van der Waals surface area contributed by atoms with Crippen LogP contribution in [0.5, 0.6) is 0 Å². The van der Waals surface area contributed by atoms with Gasteiger partial charge in [0.25, 0.3) is 0 Å². The zero-order chi connectivity index (χ0) is 12.3. The summed E-state index contributed by atoms with van der Waals surface area (Å²) >= 11 is 5.63. The number of carboxylic acids is 1. The number of hydrogen-bond donors (Lipinski definition) is 1. The van der Waals surface area contributed by atoms with E-state index in [-0.39, 0.29) is 15.5 Å². The molecule has 0 aliphatic carbocycles. The summed E-state index contributed by atoms with van der Waals surface area (Å²) in [5.41, 5.74) is -0.152. The molecule has 6 heteroatoms. The highest BCUT2D eigenvalue weighted by Gasteiger charge is 2.16. The highest BCUT2D eigenvalue weighted by atomic mass is 35.5. The summed E-state index contributed by atoms with van der Waals surface area (Å²) < 4.78 is 23.0. The van der Waals surface area contributed by atoms with Gasteiger partial charge in [-0.15, -0.1) is 6.42 Å². The molecule has 0 spiro atoms. The van der Waals surface area contributed by atoms with Crippen LogP contribution in [0.2, 0.25) is 5.02 Å². The average molecular weight is 259 g/mol. The largest absolute Gasteiger partial charge is 0.478 e. The molecule has 0 unspecified atom stereocenters. The Balaban J connectivity index is 3.28. The van der Waals surface area contributed by atoms with Crippen molar-refractivity contribution < 1.29 is 18.3 Å². The van der Waals surface area contributed by atoms with Crippen LogP contribution in [0, 0.1) is 12.3 Å². The van der Waals surface area contributed by atoms with Crippen LogP contribution in [-0.4, -0.2) is 25.2 Å². The molecule has 0 aliphatic heterocycles. The van der Waals surface area contributed by atoms with E-state index in [0.717, 1.165) is 12.1 Å². The Hall–Kier alpha value is -1.51. The minimum absolute atomic E-state index is 0.0829. The van der Waals surface area contributed by atoms with Gasteiger partial charge in [-0.25, -0.2) is 13.2 Å². The van der Waals surface area contributed by atoms with E-state index >= 15 is 0 Å². The second-order valence-corrected chi connectivity index (χ2v) is 5.31. The Labute approximate surface area is 97.8 Å². The van der Waals surface area contributed by atoms with Crippen LogP contribution >= 0.6 is 11.6 Å². The number of carboxylic acid groups (broad SMARTS) is 1. The van der Waals surface area contributed by atoms with Crippen molar-refractivity contribution in [2.24, 2.45) is 0 Å². The molecule has 1 N–H and O–H groups in total. The van der Waals surface area contributed by atoms with Gasteiger partial charge in [0.15, 0.2) is 9.84 Å². The summed E-state index contributed by atoms with van der Waals surface area (Å²) in [5, 5.41) is 8.56. The van der Waals surface area contributed by atoms with E-state index in [2.05, 4.69) is 0 Å². The molecule has 0 fully saturated rings. The monoisotopic (exact) mass is 258 g/mol. The molecule has 0 aliphatic rings. The molecule has 0 heterocycles. The SMILES string of the molecule is C#CCS(=O)(=O)c1ccc(C(=O)O)c(Cl)c1. The van der Waals surface area contributed by atoms with Crippen LogP contribution in [0.1, 0.15) is 10.4 Å². The van der Waals surface area contributed by atoms with Gasteiger partial charge in [-0.1, -0.05) is 17.5 Å². The van der Waals surface area contributed by atoms with Gasteiger partial charge in [-0.3, -0.25) is 0 Å². The fraction of sp³-hybridized carbons (Fsp3) is 0.100. The number of aromatic carboxylic acids is 1. The molecule has 0 amide bonds. The van der Waals surface area contributed by atoms with Gasteiger partial charge in [-0.05, 0) is 18.2 Å². The predicted molar refractivity (Wildman–Crippen MR) is 59.3 cm³/mol. The van der Waals surface area contributed by atoms with Crippen molar-refractivity contribution in [3.8, 4) is 12.3 Å². The summed E-state index contributed by atoms with van der Waals surface area (Å²) in [6, 6.07) is 3.38. The molecule has 0 saturated heterocycles. The number of benzene rings is 1. The maximum atomic E-state index is 11.5. The third-order valence-corrected chi connectivity index (χ3v) is 3.64. The lowest BCUT2D eigenvalue weighted by atomic mass is 10.2. The van der Waals surface area contributed by atoms with Gasteiger partial charge in [0, 0.05) is 0 Å². The second-order valence-electron chi connectivity index (χ2n) is 2.91. The molecule has 84 valence electrons. The number of hydrogen-bond acceptors (Lipinski definition) is 3. The van der Waals surface area contributed by atoms with Crippen molar-refractivity contribution >= 4 is 27.4 Å². The molecule has 0 aromatic heterocycles. The Morgan fingerprint density at radius 3 is 2.56 bits per heavy atom. The van der Waals surface area contributed by atoms with Gasteiger partial charge in [0.05, 0.1) is 15.5 Å². The molecule has 1 aromatic rings. The number of halogens is 1. The van der Waals surface area contributed by atoms with Crippen molar-refractivity contribution in [2.75, 3.05) is 5.75 Å². The van der Waals surface area contributed by atoms with Crippen LogP contribution in [0.25, 0.3) is 0 Å². The molecule has 0 radical (unpaired) electrons. The van der Waals surface area contributed by atoms with Crippen LogP contribution < -0.4 is 0 Å². The van der Waals surface area contributed by atoms with Crippen LogP contribution in [-0.2, 0) is 9.84 Å². The molecule has 1 rings (SSSR count). The third kappa shape index (κ3) is 2.54. The lowest BCUT2D eigenvalue weighted by molar-refractivity contribution is 0.0697. The fourth-order valence-electron chi connectivity index (χ4n) is 1.06. The molecule has 4 nitrogen and oxygen atoms in total. The quantitative estimate of drug-likeness (QED) is 0.833. The van der Waals surface area contributed by atoms with E-state index < -0.39 is 21.6 Å². The van der Waals surface area contributed by atoms with Crippen LogP contribution in [0.4, 0.5) is 0 Å². The van der Waals surface area contributed by atoms with Crippen molar-refractivity contribution in [3.05, 3.63) is 28.8 Å². The van der Waals surface area contributed by atoms with E-state index in [1.807, 2.05) is 5.92 Å². The Morgan fingerprint density at radius 2 is 2.12 bits per heavy atom. The first-order valence-corrected chi connectivity index (χ1v) is 6.10. The standard InChI is InChI=1S/C10H7ClO4S/c1-2-5-16(14,15)7-3-4-8(10(12)13)9(11)6-7/h1,3-4,6H,5H2,(H,12,13). The number of rotatable bonds is 3. The normalized spacial score (nSPS) is 10.8. The molecular formula is C10H7ClO4S. The zero-order valence-corrected chi connectivity index (χ0v) is 9.55. The number of sulfone groups is 1. The van der Waals surface area contributed by atoms with Crippen molar-refractivity contribution in [1.29, 1.82) is 0 Å². The predicted octanol–water partition coefficient (Wildman–Crippen LogP) is 1.45. The second kappa shape index (κ2) is 4.56. The van der Waals surface area contributed by atoms with Crippen molar-refractivity contribution in [3.63, 3.8) is 0 Å². The van der Waals surface area contributed by atoms with Crippen molar-refractivity contribution in [2.45, 2.75) is 4.90 Å². The summed E-state index contributed by atoms with van der Waals surface area (Å²) in [5.74, 6) is 0.351. The molecule has 0 atom stereocenters. The maximum absolute atomic E-state index is 11.5. The number of terminal acetylenes is 1. The minimum Gasteiger partial charge on any atom is -0.478 e. The molecule has 0 bridgehead atoms. The van der Waals surface area contributed by atoms with E-state index in [1.54, 1.807) is 0 Å². The first kappa shape index (κ1) is 12.6. The first-order valence-electron chi connectivity index (χ1n) is 4.07. The summed E-state index contributed by atoms with van der Waals surface area (Å²) in [7, 11) is -3.59. The minimum atomic E-state index is -3.59. The fourth-order valence-corrected chi connectivity index (χ4v) is 2.34. The zero-order valence-electron chi connectivity index (χ0n) is 7.97. The van der Waals surface area contributed by atoms with E-state index in [0.29, 0.717) is 0 Å². The third-order valence-electron chi connectivity index (χ3n) is 1.80. The van der Waals surface area contributed by atoms with Gasteiger partial charge in [0.1, 0.15) is 5.75 Å². The molecule has 0 saturated carbocycles. The molecule has 1 aromatic carbocycles. The van der Waals surface area contributed by atoms with E-state index in [9.17, 15) is 13.2 Å². The Kier molecular flexibility index (Phi) is 3.58. The summed E-state index contributed by atoms with van der Waals surface area (Å²) in [6.45, 7) is 0. The van der Waals surface area contributed by atoms with E-state index in [4.69, 9.17) is 23.1 Å². The van der Waals surface area contributed by atoms with Gasteiger partial charge < -0.3 is 5.11 Å². The van der Waals surface area contributed by atoms with Crippen molar-refractivity contribution in [1.82, 2.24) is 0 Å². The van der Waals surface area contributed by atoms with Gasteiger partial charge in [0.2, 0.25) is 0 Å². The summed E-state index contributed by atoms with van der Waals surface area (Å²) in [6.07, 6.45) is 4.91. The van der Waals surface area contributed by atoms with Gasteiger partial charge >= 0.3 is 5.97 Å². The van der Waals surface area contributed by atoms with Crippen LogP contribution in [0.3, 0.4) is 0 Å². The topological polar surface area (TPSA) is 71.4 Å². The molecule has 16 heavy (non-hydrogen) atoms. The lowest BCUT2D eigenvalue weighted by Crippen LogP contribution is -2.06. The highest BCUT2D eigenvalue weighted by Crippen LogP contribution is 2.21. The summed E-state index contributed by atoms with van der Waals surface area (Å²) in [4.78, 5) is 10.6.